The molecular formula is C16H21ClN2O5. The van der Waals surface area contributed by atoms with Crippen LogP contribution in [0.5, 0.6) is 11.5 Å². The smallest absolute Gasteiger partial charge is 0.317 e. The molecule has 1 aliphatic rings. The molecule has 1 aromatic rings. The lowest BCUT2D eigenvalue weighted by Gasteiger charge is -2.19. The average Bonchev–Trinajstić information content (AvgIpc) is 2.72. The molecule has 0 spiro atoms. The molecule has 7 nitrogen and oxygen atoms in total. The highest BCUT2D eigenvalue weighted by Gasteiger charge is 2.17. The lowest BCUT2D eigenvalue weighted by atomic mass is 10.2. The number of carbonyl (C=O) groups excluding carboxylic acids is 1. The summed E-state index contributed by atoms with van der Waals surface area (Å²) in [4.78, 5) is 24.6. The van der Waals surface area contributed by atoms with Crippen molar-refractivity contribution in [1.29, 1.82) is 0 Å². The minimum Gasteiger partial charge on any atom is -0.490 e. The molecular weight excluding hydrogens is 336 g/mol. The predicted molar refractivity (Wildman–Crippen MR) is 90.1 cm³/mol. The Balaban J connectivity index is 2.05. The Bertz CT molecular complexity index is 608. The second-order valence-electron chi connectivity index (χ2n) is 5.48. The predicted octanol–water partition coefficient (Wildman–Crippen LogP) is 2.24. The summed E-state index contributed by atoms with van der Waals surface area (Å²) in [6, 6.07) is 3.24. The van der Waals surface area contributed by atoms with Crippen LogP contribution in [0.25, 0.3) is 0 Å². The molecule has 0 atom stereocenters. The molecule has 8 heteroatoms. The molecule has 0 unspecified atom stereocenters. The maximum absolute atomic E-state index is 12.2. The zero-order valence-electron chi connectivity index (χ0n) is 13.5. The number of anilines is 1. The lowest BCUT2D eigenvalue weighted by Crippen LogP contribution is -2.37. The molecule has 0 aliphatic carbocycles. The summed E-state index contributed by atoms with van der Waals surface area (Å²) >= 11 is 6.18. The Labute approximate surface area is 145 Å². The number of halogens is 1. The van der Waals surface area contributed by atoms with Gasteiger partial charge in [0.1, 0.15) is 0 Å². The second-order valence-corrected chi connectivity index (χ2v) is 5.89. The van der Waals surface area contributed by atoms with E-state index in [4.69, 9.17) is 26.2 Å². The van der Waals surface area contributed by atoms with E-state index < -0.39 is 5.97 Å². The van der Waals surface area contributed by atoms with Gasteiger partial charge in [0.05, 0.1) is 37.0 Å². The molecule has 2 rings (SSSR count). The Morgan fingerprint density at radius 1 is 1.25 bits per heavy atom. The summed E-state index contributed by atoms with van der Waals surface area (Å²) in [6.07, 6.45) is 1.53. The van der Waals surface area contributed by atoms with Gasteiger partial charge in [0, 0.05) is 18.6 Å². The summed E-state index contributed by atoms with van der Waals surface area (Å²) in [5, 5.41) is 11.9. The summed E-state index contributed by atoms with van der Waals surface area (Å²) in [5.74, 6) is -0.219. The fourth-order valence-electron chi connectivity index (χ4n) is 2.39. The fraction of sp³-hybridized carbons (Fsp3) is 0.500. The first-order valence-corrected chi connectivity index (χ1v) is 8.20. The molecule has 1 amide bonds. The van der Waals surface area contributed by atoms with Gasteiger partial charge in [0.25, 0.3) is 0 Å². The van der Waals surface area contributed by atoms with Gasteiger partial charge in [-0.25, -0.2) is 0 Å². The van der Waals surface area contributed by atoms with E-state index in [1.54, 1.807) is 17.0 Å². The van der Waals surface area contributed by atoms with Crippen LogP contribution in [-0.2, 0) is 9.59 Å². The first kappa shape index (κ1) is 18.4. The van der Waals surface area contributed by atoms with Gasteiger partial charge in [-0.1, -0.05) is 18.5 Å². The van der Waals surface area contributed by atoms with Gasteiger partial charge in [-0.2, -0.15) is 0 Å². The SMILES string of the molecule is CCCN(CC(=O)O)CC(=O)Nc1cc2c(cc1Cl)OCCCO2. The number of benzene rings is 1. The van der Waals surface area contributed by atoms with Crippen molar-refractivity contribution in [3.8, 4) is 11.5 Å². The maximum Gasteiger partial charge on any atom is 0.317 e. The third kappa shape index (κ3) is 5.28. The van der Waals surface area contributed by atoms with Crippen LogP contribution in [0.1, 0.15) is 19.8 Å². The van der Waals surface area contributed by atoms with Gasteiger partial charge >= 0.3 is 5.97 Å². The molecule has 1 aliphatic heterocycles. The van der Waals surface area contributed by atoms with Crippen LogP contribution in [0.4, 0.5) is 5.69 Å². The summed E-state index contributed by atoms with van der Waals surface area (Å²) in [7, 11) is 0. The van der Waals surface area contributed by atoms with Crippen LogP contribution in [-0.4, -0.2) is 54.7 Å². The molecule has 1 heterocycles. The number of amides is 1. The fourth-order valence-corrected chi connectivity index (χ4v) is 2.59. The summed E-state index contributed by atoms with van der Waals surface area (Å²) < 4.78 is 11.1. The van der Waals surface area contributed by atoms with E-state index in [9.17, 15) is 9.59 Å². The van der Waals surface area contributed by atoms with Crippen molar-refractivity contribution in [2.24, 2.45) is 0 Å². The van der Waals surface area contributed by atoms with Crippen molar-refractivity contribution in [3.05, 3.63) is 17.2 Å². The first-order valence-electron chi connectivity index (χ1n) is 7.82. The van der Waals surface area contributed by atoms with E-state index in [1.807, 2.05) is 6.92 Å². The molecule has 0 saturated heterocycles. The van der Waals surface area contributed by atoms with E-state index >= 15 is 0 Å². The number of hydrogen-bond acceptors (Lipinski definition) is 5. The number of aliphatic carboxylic acids is 1. The third-order valence-electron chi connectivity index (χ3n) is 3.38. The number of carboxylic acids is 1. The highest BCUT2D eigenvalue weighted by atomic mass is 35.5. The van der Waals surface area contributed by atoms with Crippen molar-refractivity contribution in [1.82, 2.24) is 4.90 Å². The van der Waals surface area contributed by atoms with E-state index in [0.29, 0.717) is 42.0 Å². The zero-order valence-corrected chi connectivity index (χ0v) is 14.3. The normalized spacial score (nSPS) is 13.5. The molecule has 0 aromatic heterocycles. The Kier molecular flexibility index (Phi) is 6.69. The number of nitrogens with one attached hydrogen (secondary N) is 1. The molecule has 0 fully saturated rings. The van der Waals surface area contributed by atoms with Gasteiger partial charge < -0.3 is 19.9 Å². The number of carboxylic acid groups (broad SMARTS) is 1. The summed E-state index contributed by atoms with van der Waals surface area (Å²) in [5.41, 5.74) is 0.415. The number of carbonyl (C=O) groups is 2. The topological polar surface area (TPSA) is 88.1 Å². The maximum atomic E-state index is 12.2. The lowest BCUT2D eigenvalue weighted by molar-refractivity contribution is -0.138. The Morgan fingerprint density at radius 3 is 2.54 bits per heavy atom. The third-order valence-corrected chi connectivity index (χ3v) is 3.69. The standard InChI is InChI=1S/C16H21ClN2O5/c1-2-4-19(10-16(21)22)9-15(20)18-12-8-14-13(7-11(12)17)23-5-3-6-24-14/h7-8H,2-6,9-10H2,1H3,(H,18,20)(H,21,22). The van der Waals surface area contributed by atoms with E-state index in [0.717, 1.165) is 12.8 Å². The zero-order chi connectivity index (χ0) is 17.5. The van der Waals surface area contributed by atoms with Crippen molar-refractivity contribution in [2.45, 2.75) is 19.8 Å². The Hall–Kier alpha value is -1.99. The van der Waals surface area contributed by atoms with Crippen LogP contribution in [0.2, 0.25) is 5.02 Å². The quantitative estimate of drug-likeness (QED) is 0.779. The van der Waals surface area contributed by atoms with Gasteiger partial charge in [-0.15, -0.1) is 0 Å². The van der Waals surface area contributed by atoms with Crippen LogP contribution < -0.4 is 14.8 Å². The first-order chi connectivity index (χ1) is 11.5. The highest BCUT2D eigenvalue weighted by Crippen LogP contribution is 2.37. The van der Waals surface area contributed by atoms with Crippen LogP contribution in [0.3, 0.4) is 0 Å². The molecule has 132 valence electrons. The van der Waals surface area contributed by atoms with Crippen molar-refractivity contribution in [3.63, 3.8) is 0 Å². The number of fused-ring (bicyclic) bond motifs is 1. The van der Waals surface area contributed by atoms with Gasteiger partial charge in [0.2, 0.25) is 5.91 Å². The number of hydrogen-bond donors (Lipinski definition) is 2. The highest BCUT2D eigenvalue weighted by molar-refractivity contribution is 6.34. The second kappa shape index (κ2) is 8.75. The van der Waals surface area contributed by atoms with E-state index in [1.165, 1.54) is 0 Å². The van der Waals surface area contributed by atoms with E-state index in [2.05, 4.69) is 5.32 Å². The summed E-state index contributed by atoms with van der Waals surface area (Å²) in [6.45, 7) is 3.32. The minimum absolute atomic E-state index is 0.0229. The molecule has 0 bridgehead atoms. The molecule has 2 N–H and O–H groups in total. The Morgan fingerprint density at radius 2 is 1.92 bits per heavy atom. The van der Waals surface area contributed by atoms with Crippen molar-refractivity contribution in [2.75, 3.05) is 38.2 Å². The monoisotopic (exact) mass is 356 g/mol. The minimum atomic E-state index is -0.968. The molecule has 0 radical (unpaired) electrons. The van der Waals surface area contributed by atoms with Crippen LogP contribution >= 0.6 is 11.6 Å². The average molecular weight is 357 g/mol. The van der Waals surface area contributed by atoms with Gasteiger partial charge in [-0.3, -0.25) is 14.5 Å². The van der Waals surface area contributed by atoms with Crippen LogP contribution in [0, 0.1) is 0 Å². The molecule has 0 saturated carbocycles. The largest absolute Gasteiger partial charge is 0.490 e. The van der Waals surface area contributed by atoms with Gasteiger partial charge in [-0.05, 0) is 13.0 Å². The van der Waals surface area contributed by atoms with Gasteiger partial charge in [0.15, 0.2) is 11.5 Å². The molecule has 1 aromatic carbocycles. The number of ether oxygens (including phenoxy) is 2. The van der Waals surface area contributed by atoms with Crippen LogP contribution in [0.15, 0.2) is 12.1 Å². The number of rotatable bonds is 7. The van der Waals surface area contributed by atoms with Crippen molar-refractivity contribution < 1.29 is 24.2 Å². The van der Waals surface area contributed by atoms with Crippen molar-refractivity contribution >= 4 is 29.2 Å². The molecule has 24 heavy (non-hydrogen) atoms. The van der Waals surface area contributed by atoms with E-state index in [-0.39, 0.29) is 19.0 Å². The number of nitrogens with zero attached hydrogens (tertiary/aromatic N) is 1.